The lowest BCUT2D eigenvalue weighted by molar-refractivity contribution is -0.132. The number of amides is 2. The van der Waals surface area contributed by atoms with Crippen molar-refractivity contribution in [3.8, 4) is 5.75 Å². The first kappa shape index (κ1) is 38.0. The Morgan fingerprint density at radius 1 is 0.902 bits per heavy atom. The van der Waals surface area contributed by atoms with Crippen molar-refractivity contribution in [1.29, 1.82) is 0 Å². The van der Waals surface area contributed by atoms with Gasteiger partial charge in [0.15, 0.2) is 8.32 Å². The lowest BCUT2D eigenvalue weighted by Crippen LogP contribution is -2.44. The lowest BCUT2D eigenvalue weighted by atomic mass is 9.98. The van der Waals surface area contributed by atoms with Gasteiger partial charge < -0.3 is 24.7 Å². The first-order chi connectivity index (χ1) is 24.4. The number of benzene rings is 4. The summed E-state index contributed by atoms with van der Waals surface area (Å²) in [5.41, 5.74) is 7.71. The van der Waals surface area contributed by atoms with Crippen LogP contribution in [-0.2, 0) is 46.4 Å². The molecule has 4 aromatic carbocycles. The van der Waals surface area contributed by atoms with Gasteiger partial charge in [0, 0.05) is 32.1 Å². The maximum absolute atomic E-state index is 13.1. The molecular weight excluding hydrogens is 651 g/mol. The average molecular weight is 706 g/mol. The first-order valence-corrected chi connectivity index (χ1v) is 21.2. The number of aryl methyl sites for hydroxylation is 1. The van der Waals surface area contributed by atoms with Gasteiger partial charge in [0.25, 0.3) is 0 Å². The molecule has 0 saturated heterocycles. The van der Waals surface area contributed by atoms with Gasteiger partial charge in [0.05, 0.1) is 11.8 Å². The van der Waals surface area contributed by atoms with Crippen LogP contribution in [0.25, 0.3) is 0 Å². The summed E-state index contributed by atoms with van der Waals surface area (Å²) in [6.07, 6.45) is 3.50. The van der Waals surface area contributed by atoms with E-state index in [1.54, 1.807) is 0 Å². The zero-order valence-corrected chi connectivity index (χ0v) is 32.2. The number of carbonyl (C=O) groups is 2. The molecule has 0 saturated carbocycles. The molecular formula is C43H55N3O4Si. The number of anilines is 1. The summed E-state index contributed by atoms with van der Waals surface area (Å²) in [5, 5.41) is 6.63. The maximum Gasteiger partial charge on any atom is 0.223 e. The van der Waals surface area contributed by atoms with Crippen LogP contribution in [0, 0.1) is 0 Å². The zero-order valence-electron chi connectivity index (χ0n) is 31.2. The van der Waals surface area contributed by atoms with Crippen molar-refractivity contribution in [1.82, 2.24) is 10.2 Å². The van der Waals surface area contributed by atoms with Gasteiger partial charge in [-0.1, -0.05) is 106 Å². The summed E-state index contributed by atoms with van der Waals surface area (Å²) in [5.74, 6) is 0.838. The zero-order chi connectivity index (χ0) is 36.4. The molecule has 2 N–H and O–H groups in total. The van der Waals surface area contributed by atoms with Crippen LogP contribution < -0.4 is 15.4 Å². The molecule has 1 aliphatic rings. The third-order valence-corrected chi connectivity index (χ3v) is 14.9. The minimum absolute atomic E-state index is 0.0276. The van der Waals surface area contributed by atoms with E-state index in [2.05, 4.69) is 100.0 Å². The molecule has 1 heterocycles. The molecule has 5 rings (SSSR count). The van der Waals surface area contributed by atoms with E-state index in [1.165, 1.54) is 22.3 Å². The molecule has 0 bridgehead atoms. The Morgan fingerprint density at radius 2 is 1.61 bits per heavy atom. The SMILES string of the molecule is C[C@H](Cc1cccc(CCC(=O)N2CCc3ccccc3C2)c1)NC[C@H](O[Si](C)(C)C(C)(C)C)c1ccc(OCc2ccccc2)c(NC=O)c1. The minimum atomic E-state index is -2.15. The van der Waals surface area contributed by atoms with Crippen LogP contribution >= 0.6 is 0 Å². The first-order valence-electron chi connectivity index (χ1n) is 18.3. The van der Waals surface area contributed by atoms with Crippen LogP contribution in [-0.4, -0.2) is 44.7 Å². The van der Waals surface area contributed by atoms with Gasteiger partial charge in [-0.15, -0.1) is 0 Å². The molecule has 4 aromatic rings. The second kappa shape index (κ2) is 17.3. The third kappa shape index (κ3) is 10.6. The van der Waals surface area contributed by atoms with Crippen LogP contribution in [0.2, 0.25) is 18.1 Å². The van der Waals surface area contributed by atoms with E-state index in [4.69, 9.17) is 9.16 Å². The van der Waals surface area contributed by atoms with Gasteiger partial charge in [0.2, 0.25) is 12.3 Å². The summed E-state index contributed by atoms with van der Waals surface area (Å²) in [6.45, 7) is 16.0. The summed E-state index contributed by atoms with van der Waals surface area (Å²) in [6, 6.07) is 33.2. The van der Waals surface area contributed by atoms with Crippen molar-refractivity contribution in [2.75, 3.05) is 18.4 Å². The topological polar surface area (TPSA) is 79.9 Å². The van der Waals surface area contributed by atoms with Crippen molar-refractivity contribution in [2.24, 2.45) is 0 Å². The minimum Gasteiger partial charge on any atom is -0.487 e. The predicted molar refractivity (Wildman–Crippen MR) is 209 cm³/mol. The lowest BCUT2D eigenvalue weighted by Gasteiger charge is -2.40. The van der Waals surface area contributed by atoms with Crippen molar-refractivity contribution >= 4 is 26.3 Å². The molecule has 0 fully saturated rings. The molecule has 1 aliphatic heterocycles. The van der Waals surface area contributed by atoms with Gasteiger partial charge >= 0.3 is 0 Å². The van der Waals surface area contributed by atoms with Crippen LogP contribution in [0.15, 0.2) is 97.1 Å². The largest absolute Gasteiger partial charge is 0.487 e. The van der Waals surface area contributed by atoms with Crippen molar-refractivity contribution in [3.63, 3.8) is 0 Å². The number of hydrogen-bond acceptors (Lipinski definition) is 5. The summed E-state index contributed by atoms with van der Waals surface area (Å²) in [7, 11) is -2.15. The summed E-state index contributed by atoms with van der Waals surface area (Å²) < 4.78 is 13.1. The predicted octanol–water partition coefficient (Wildman–Crippen LogP) is 8.64. The van der Waals surface area contributed by atoms with Gasteiger partial charge in [-0.2, -0.15) is 0 Å². The molecule has 8 heteroatoms. The van der Waals surface area contributed by atoms with Crippen molar-refractivity contribution in [3.05, 3.63) is 130 Å². The Bertz CT molecular complexity index is 1750. The van der Waals surface area contributed by atoms with E-state index in [9.17, 15) is 9.59 Å². The fraction of sp³-hybridized carbons (Fsp3) is 0.395. The number of nitrogens with one attached hydrogen (secondary N) is 2. The molecule has 270 valence electrons. The second-order valence-electron chi connectivity index (χ2n) is 15.3. The van der Waals surface area contributed by atoms with Crippen LogP contribution in [0.4, 0.5) is 5.69 Å². The van der Waals surface area contributed by atoms with Crippen molar-refractivity contribution in [2.45, 2.75) is 96.8 Å². The Kier molecular flexibility index (Phi) is 12.9. The average Bonchev–Trinajstić information content (AvgIpc) is 3.11. The fourth-order valence-corrected chi connectivity index (χ4v) is 7.59. The Hall–Kier alpha value is -4.24. The van der Waals surface area contributed by atoms with E-state index >= 15 is 0 Å². The number of fused-ring (bicyclic) bond motifs is 1. The fourth-order valence-electron chi connectivity index (χ4n) is 6.31. The highest BCUT2D eigenvalue weighted by Crippen LogP contribution is 2.40. The number of rotatable bonds is 16. The molecule has 7 nitrogen and oxygen atoms in total. The highest BCUT2D eigenvalue weighted by Gasteiger charge is 2.39. The normalized spacial score (nSPS) is 14.4. The van der Waals surface area contributed by atoms with Gasteiger partial charge in [0.1, 0.15) is 12.4 Å². The van der Waals surface area contributed by atoms with Gasteiger partial charge in [-0.05, 0) is 89.8 Å². The van der Waals surface area contributed by atoms with Gasteiger partial charge in [-0.3, -0.25) is 9.59 Å². The summed E-state index contributed by atoms with van der Waals surface area (Å²) >= 11 is 0. The van der Waals surface area contributed by atoms with Gasteiger partial charge in [-0.25, -0.2) is 0 Å². The molecule has 51 heavy (non-hydrogen) atoms. The van der Waals surface area contributed by atoms with E-state index in [-0.39, 0.29) is 23.1 Å². The smallest absolute Gasteiger partial charge is 0.223 e. The molecule has 0 radical (unpaired) electrons. The molecule has 0 aromatic heterocycles. The molecule has 2 amide bonds. The highest BCUT2D eigenvalue weighted by atomic mass is 28.4. The van der Waals surface area contributed by atoms with E-state index in [0.717, 1.165) is 36.9 Å². The van der Waals surface area contributed by atoms with Crippen LogP contribution in [0.5, 0.6) is 5.75 Å². The third-order valence-electron chi connectivity index (χ3n) is 10.4. The highest BCUT2D eigenvalue weighted by molar-refractivity contribution is 6.74. The monoisotopic (exact) mass is 705 g/mol. The number of ether oxygens (including phenoxy) is 1. The molecule has 0 aliphatic carbocycles. The molecule has 2 atom stereocenters. The Morgan fingerprint density at radius 3 is 2.35 bits per heavy atom. The van der Waals surface area contributed by atoms with Crippen molar-refractivity contribution < 1.29 is 18.8 Å². The summed E-state index contributed by atoms with van der Waals surface area (Å²) in [4.78, 5) is 26.7. The quantitative estimate of drug-likeness (QED) is 0.0902. The molecule has 0 unspecified atom stereocenters. The Labute approximate surface area is 305 Å². The standard InChI is InChI=1S/C43H55N3O4Si/c1-32(25-35-16-12-15-33(26-35)19-22-42(48)46-24-23-36-17-10-11-18-38(36)29-46)44-28-41(50-51(5,6)43(2,3)4)37-20-21-40(39(27-37)45-31-47)49-30-34-13-8-7-9-14-34/h7-18,20-21,26-27,31-32,41,44H,19,22-25,28-30H2,1-6H3,(H,45,47)/t32-,41+/m1/s1. The Balaban J connectivity index is 1.22. The number of nitrogens with zero attached hydrogens (tertiary/aromatic N) is 1. The maximum atomic E-state index is 13.1. The van der Waals surface area contributed by atoms with Crippen LogP contribution in [0.3, 0.4) is 0 Å². The van der Waals surface area contributed by atoms with E-state index in [0.29, 0.717) is 44.0 Å². The van der Waals surface area contributed by atoms with E-state index < -0.39 is 8.32 Å². The second-order valence-corrected chi connectivity index (χ2v) is 20.1. The van der Waals surface area contributed by atoms with Crippen LogP contribution in [0.1, 0.15) is 73.6 Å². The number of hydrogen-bond donors (Lipinski definition) is 2. The molecule has 0 spiro atoms. The number of carbonyl (C=O) groups excluding carboxylic acids is 2. The van der Waals surface area contributed by atoms with E-state index in [1.807, 2.05) is 53.4 Å².